The molecule has 1 aromatic rings. The van der Waals surface area contributed by atoms with Crippen molar-refractivity contribution >= 4 is 11.9 Å². The van der Waals surface area contributed by atoms with Crippen LogP contribution in [0.2, 0.25) is 0 Å². The molecule has 0 unspecified atom stereocenters. The van der Waals surface area contributed by atoms with Gasteiger partial charge in [-0.1, -0.05) is 32.0 Å². The molecule has 0 bridgehead atoms. The van der Waals surface area contributed by atoms with Gasteiger partial charge in [-0.3, -0.25) is 4.79 Å². The molecule has 1 aromatic carbocycles. The molecular formula is C51H78O18. The van der Waals surface area contributed by atoms with E-state index < -0.39 is 138 Å². The first kappa shape index (κ1) is 52.9. The Bertz CT molecular complexity index is 1940. The van der Waals surface area contributed by atoms with Gasteiger partial charge in [-0.15, -0.1) is 0 Å². The number of carbonyl (C=O) groups excluding carboxylic acids is 2. The number of hydrogen-bond donors (Lipinski definition) is 5. The molecule has 23 atom stereocenters. The highest BCUT2D eigenvalue weighted by Crippen LogP contribution is 2.72. The summed E-state index contributed by atoms with van der Waals surface area (Å²) in [4.78, 5) is 26.1. The van der Waals surface area contributed by atoms with Crippen molar-refractivity contribution in [2.75, 3.05) is 21.3 Å². The third-order valence-electron chi connectivity index (χ3n) is 18.3. The van der Waals surface area contributed by atoms with E-state index >= 15 is 0 Å². The molecule has 3 aliphatic heterocycles. The van der Waals surface area contributed by atoms with Gasteiger partial charge in [0.05, 0.1) is 53.2 Å². The zero-order chi connectivity index (χ0) is 50.0. The minimum absolute atomic E-state index is 0.0145. The quantitative estimate of drug-likeness (QED) is 0.140. The van der Waals surface area contributed by atoms with Crippen LogP contribution in [0.15, 0.2) is 30.3 Å². The Hall–Kier alpha value is -2.40. The van der Waals surface area contributed by atoms with Crippen LogP contribution in [-0.4, -0.2) is 174 Å². The lowest BCUT2D eigenvalue weighted by Gasteiger charge is -2.69. The summed E-state index contributed by atoms with van der Waals surface area (Å²) in [6.07, 6.45) is -7.68. The van der Waals surface area contributed by atoms with E-state index in [2.05, 4.69) is 6.92 Å². The fourth-order valence-electron chi connectivity index (χ4n) is 14.2. The molecule has 0 spiro atoms. The van der Waals surface area contributed by atoms with Gasteiger partial charge in [-0.2, -0.15) is 0 Å². The Labute approximate surface area is 405 Å². The molecule has 0 radical (unpaired) electrons. The van der Waals surface area contributed by atoms with Crippen LogP contribution in [-0.2, 0) is 56.9 Å². The fourth-order valence-corrected chi connectivity index (χ4v) is 14.2. The van der Waals surface area contributed by atoms with Gasteiger partial charge >= 0.3 is 11.9 Å². The maximum atomic E-state index is 13.3. The Morgan fingerprint density at radius 1 is 0.710 bits per heavy atom. The van der Waals surface area contributed by atoms with Gasteiger partial charge in [0.1, 0.15) is 53.9 Å². The molecular weight excluding hydrogens is 901 g/mol. The average molecular weight is 979 g/mol. The first-order valence-corrected chi connectivity index (χ1v) is 25.1. The molecule has 0 aromatic heterocycles. The normalized spacial score (nSPS) is 49.2. The smallest absolute Gasteiger partial charge is 0.338 e. The highest BCUT2D eigenvalue weighted by Gasteiger charge is 2.82. The van der Waals surface area contributed by atoms with Crippen LogP contribution in [0.25, 0.3) is 0 Å². The van der Waals surface area contributed by atoms with E-state index in [1.165, 1.54) is 14.0 Å². The lowest BCUT2D eigenvalue weighted by atomic mass is 9.40. The number of aliphatic hydroxyl groups is 5. The molecule has 0 amide bonds. The van der Waals surface area contributed by atoms with Crippen molar-refractivity contribution in [3.8, 4) is 0 Å². The van der Waals surface area contributed by atoms with Crippen LogP contribution >= 0.6 is 0 Å². The number of aliphatic hydroxyl groups excluding tert-OH is 2. The number of carbonyl (C=O) groups is 2. The maximum Gasteiger partial charge on any atom is 0.338 e. The minimum Gasteiger partial charge on any atom is -0.462 e. The highest BCUT2D eigenvalue weighted by atomic mass is 16.8. The number of hydrogen-bond acceptors (Lipinski definition) is 18. The first-order valence-electron chi connectivity index (χ1n) is 25.1. The highest BCUT2D eigenvalue weighted by molar-refractivity contribution is 5.89. The number of rotatable bonds is 13. The van der Waals surface area contributed by atoms with Gasteiger partial charge in [-0.25, -0.2) is 4.79 Å². The molecule has 7 fully saturated rings. The molecule has 7 aliphatic rings. The van der Waals surface area contributed by atoms with Gasteiger partial charge in [0.2, 0.25) is 0 Å². The third kappa shape index (κ3) is 9.01. The van der Waals surface area contributed by atoms with E-state index in [1.54, 1.807) is 65.3 Å². The van der Waals surface area contributed by atoms with Crippen molar-refractivity contribution in [1.82, 2.24) is 0 Å². The van der Waals surface area contributed by atoms with Crippen molar-refractivity contribution < 1.29 is 87.2 Å². The van der Waals surface area contributed by atoms with E-state index in [0.29, 0.717) is 44.1 Å². The van der Waals surface area contributed by atoms with Gasteiger partial charge in [0.15, 0.2) is 18.9 Å². The topological polar surface area (TPSA) is 237 Å². The molecule has 5 N–H and O–H groups in total. The third-order valence-corrected chi connectivity index (χ3v) is 18.3. The Morgan fingerprint density at radius 2 is 1.33 bits per heavy atom. The van der Waals surface area contributed by atoms with Crippen molar-refractivity contribution in [1.29, 1.82) is 0 Å². The van der Waals surface area contributed by atoms with E-state index in [9.17, 15) is 35.1 Å². The Kier molecular flexibility index (Phi) is 15.4. The number of fused-ring (bicyclic) bond motifs is 5. The molecule has 8 rings (SSSR count). The molecule has 18 nitrogen and oxygen atoms in total. The lowest BCUT2D eigenvalue weighted by Crippen LogP contribution is -2.79. The van der Waals surface area contributed by atoms with E-state index in [-0.39, 0.29) is 37.7 Å². The van der Waals surface area contributed by atoms with Crippen molar-refractivity contribution in [2.45, 2.75) is 228 Å². The van der Waals surface area contributed by atoms with Crippen LogP contribution in [0.3, 0.4) is 0 Å². The largest absolute Gasteiger partial charge is 0.462 e. The number of ether oxygens (including phenoxy) is 11. The van der Waals surface area contributed by atoms with E-state index in [0.717, 1.165) is 0 Å². The molecule has 3 saturated heterocycles. The van der Waals surface area contributed by atoms with E-state index in [4.69, 9.17) is 52.1 Å². The molecule has 69 heavy (non-hydrogen) atoms. The predicted octanol–water partition coefficient (Wildman–Crippen LogP) is 3.71. The van der Waals surface area contributed by atoms with Gasteiger partial charge in [0.25, 0.3) is 0 Å². The fraction of sp³-hybridized carbons (Fsp3) is 0.843. The minimum atomic E-state index is -1.89. The van der Waals surface area contributed by atoms with Gasteiger partial charge in [0, 0.05) is 41.1 Å². The second-order valence-electron chi connectivity index (χ2n) is 21.6. The van der Waals surface area contributed by atoms with Gasteiger partial charge in [-0.05, 0) is 108 Å². The SMILES string of the molecule is CO[C@H]1[C@@H](O)[C@H](O[C@@H]2[C@@H](C)O[C@@H](O[C@H]3[C@@H](OC)C[C@H](O[C@H]4CC[C@@]5(C)[C@@H](CC[C@]6(O)[C@@H]5C[C@@H](OC(C)=O)[C@@]5(C)[C@]6(O)CC[C@@]5(O)[C@H](C)OC(=O)c5ccccc5)C4)O[C@@H]3C)C[C@H]2OC)O[C@H](C)[C@H]1O. The summed E-state index contributed by atoms with van der Waals surface area (Å²) in [6, 6.07) is 8.47. The summed E-state index contributed by atoms with van der Waals surface area (Å²) < 4.78 is 67.5. The summed E-state index contributed by atoms with van der Waals surface area (Å²) in [5.74, 6) is -1.60. The van der Waals surface area contributed by atoms with Crippen LogP contribution in [0.4, 0.5) is 0 Å². The van der Waals surface area contributed by atoms with Crippen LogP contribution < -0.4 is 0 Å². The molecule has 3 heterocycles. The summed E-state index contributed by atoms with van der Waals surface area (Å²) in [5.41, 5.74) is -7.15. The van der Waals surface area contributed by atoms with E-state index in [1.807, 2.05) is 13.8 Å². The van der Waals surface area contributed by atoms with Crippen molar-refractivity contribution in [3.05, 3.63) is 35.9 Å². The molecule has 390 valence electrons. The van der Waals surface area contributed by atoms with Crippen LogP contribution in [0, 0.1) is 22.7 Å². The van der Waals surface area contributed by atoms with Crippen molar-refractivity contribution in [3.63, 3.8) is 0 Å². The second kappa shape index (κ2) is 20.1. The summed E-state index contributed by atoms with van der Waals surface area (Å²) in [7, 11) is 4.62. The van der Waals surface area contributed by atoms with Gasteiger partial charge < -0.3 is 77.6 Å². The molecule has 4 saturated carbocycles. The zero-order valence-electron chi connectivity index (χ0n) is 41.9. The standard InChI is InChI=1S/C51H78O18/c1-26-40(53)44(61-10)41(54)46(64-26)69-43-28(3)63-39(24-35(43)60-9)68-42-27(2)62-38(23-34(42)59-8)67-33-17-18-47(6)32(22-33)16-19-50(57)36(47)25-37(66-30(5)52)48(7)49(56,20-21-51(48,50)58)29(4)65-45(55)31-14-12-11-13-15-31/h11-15,26-29,32-44,46,53-54,56-58H,16-25H2,1-10H3/t26-,27-,28-,29+,32+,33+,34+,35-,36-,37-,38+,39+,40-,41-,42-,43-,44-,46+,47+,48-,49-,50+,51-/m1/s1. The van der Waals surface area contributed by atoms with Crippen LogP contribution in [0.5, 0.6) is 0 Å². The number of benzene rings is 1. The average Bonchev–Trinajstić information content (AvgIpc) is 3.54. The Morgan fingerprint density at radius 3 is 1.94 bits per heavy atom. The van der Waals surface area contributed by atoms with Crippen LogP contribution in [0.1, 0.15) is 123 Å². The summed E-state index contributed by atoms with van der Waals surface area (Å²) in [6.45, 7) is 12.2. The van der Waals surface area contributed by atoms with Crippen molar-refractivity contribution in [2.24, 2.45) is 22.7 Å². The molecule has 18 heteroatoms. The Balaban J connectivity index is 0.904. The molecule has 4 aliphatic carbocycles. The second-order valence-corrected chi connectivity index (χ2v) is 21.6. The number of methoxy groups -OCH3 is 3. The monoisotopic (exact) mass is 979 g/mol. The number of esters is 2. The lowest BCUT2D eigenvalue weighted by molar-refractivity contribution is -0.353. The zero-order valence-corrected chi connectivity index (χ0v) is 41.9. The predicted molar refractivity (Wildman–Crippen MR) is 243 cm³/mol. The maximum absolute atomic E-state index is 13.3. The first-order chi connectivity index (χ1) is 32.6. The summed E-state index contributed by atoms with van der Waals surface area (Å²) in [5, 5.41) is 60.3. The summed E-state index contributed by atoms with van der Waals surface area (Å²) >= 11 is 0.